The number of hydrogen-bond donors (Lipinski definition) is 2. The smallest absolute Gasteiger partial charge is 0.239 e. The second kappa shape index (κ2) is 10.0. The van der Waals surface area contributed by atoms with Crippen LogP contribution in [0.25, 0.3) is 0 Å². The highest BCUT2D eigenvalue weighted by atomic mass is 16.5. The first-order valence-electron chi connectivity index (χ1n) is 9.71. The maximum atomic E-state index is 12.4. The van der Waals surface area contributed by atoms with Gasteiger partial charge in [-0.3, -0.25) is 4.79 Å². The number of benzene rings is 2. The third kappa shape index (κ3) is 5.41. The van der Waals surface area contributed by atoms with Crippen molar-refractivity contribution in [2.24, 2.45) is 0 Å². The second-order valence-electron chi connectivity index (χ2n) is 7.44. The van der Waals surface area contributed by atoms with E-state index in [1.54, 1.807) is 14.2 Å². The van der Waals surface area contributed by atoms with Gasteiger partial charge in [0.25, 0.3) is 0 Å². The molecule has 0 atom stereocenters. The molecule has 152 valence electrons. The van der Waals surface area contributed by atoms with Crippen molar-refractivity contribution in [3.8, 4) is 11.5 Å². The molecule has 2 rings (SSSR count). The van der Waals surface area contributed by atoms with Gasteiger partial charge in [0.15, 0.2) is 11.5 Å². The summed E-state index contributed by atoms with van der Waals surface area (Å²) in [5, 5.41) is 6.32. The van der Waals surface area contributed by atoms with Crippen molar-refractivity contribution in [1.82, 2.24) is 5.32 Å². The van der Waals surface area contributed by atoms with Crippen LogP contribution in [0, 0.1) is 0 Å². The van der Waals surface area contributed by atoms with Crippen molar-refractivity contribution in [2.45, 2.75) is 46.1 Å². The van der Waals surface area contributed by atoms with E-state index in [0.717, 1.165) is 11.3 Å². The van der Waals surface area contributed by atoms with Gasteiger partial charge in [-0.25, -0.2) is 0 Å². The van der Waals surface area contributed by atoms with E-state index in [4.69, 9.17) is 9.47 Å². The lowest BCUT2D eigenvalue weighted by atomic mass is 9.92. The molecular weight excluding hydrogens is 352 g/mol. The minimum absolute atomic E-state index is 0.0527. The maximum Gasteiger partial charge on any atom is 0.239 e. The van der Waals surface area contributed by atoms with Gasteiger partial charge in [0.05, 0.1) is 20.8 Å². The number of ether oxygens (including phenoxy) is 2. The molecule has 5 nitrogen and oxygen atoms in total. The standard InChI is InChI=1S/C23H32N2O3/c1-15(2)18-8-7-9-19(16(3)4)23(18)25-14-22(26)24-13-17-10-11-20(27-5)21(12-17)28-6/h7-12,15-16,25H,13-14H2,1-6H3,(H,24,26). The number of anilines is 1. The van der Waals surface area contributed by atoms with Crippen LogP contribution in [-0.4, -0.2) is 26.7 Å². The molecule has 0 fully saturated rings. The van der Waals surface area contributed by atoms with Gasteiger partial charge in [-0.15, -0.1) is 0 Å². The molecule has 2 aromatic rings. The van der Waals surface area contributed by atoms with E-state index >= 15 is 0 Å². The molecule has 0 unspecified atom stereocenters. The van der Waals surface area contributed by atoms with Gasteiger partial charge in [0.2, 0.25) is 5.91 Å². The van der Waals surface area contributed by atoms with Gasteiger partial charge in [-0.1, -0.05) is 52.0 Å². The van der Waals surface area contributed by atoms with Gasteiger partial charge >= 0.3 is 0 Å². The van der Waals surface area contributed by atoms with E-state index in [2.05, 4.69) is 56.5 Å². The highest BCUT2D eigenvalue weighted by molar-refractivity contribution is 5.81. The molecule has 0 spiro atoms. The van der Waals surface area contributed by atoms with Crippen LogP contribution in [0.1, 0.15) is 56.2 Å². The van der Waals surface area contributed by atoms with Crippen LogP contribution >= 0.6 is 0 Å². The Morgan fingerprint density at radius 1 is 0.929 bits per heavy atom. The predicted octanol–water partition coefficient (Wildman–Crippen LogP) is 4.68. The third-order valence-electron chi connectivity index (χ3n) is 4.74. The summed E-state index contributed by atoms with van der Waals surface area (Å²) in [5.74, 6) is 2.04. The zero-order valence-electron chi connectivity index (χ0n) is 17.8. The average molecular weight is 385 g/mol. The average Bonchev–Trinajstić information content (AvgIpc) is 2.69. The van der Waals surface area contributed by atoms with Crippen molar-refractivity contribution in [3.63, 3.8) is 0 Å². The summed E-state index contributed by atoms with van der Waals surface area (Å²) in [6, 6.07) is 12.0. The third-order valence-corrected chi connectivity index (χ3v) is 4.74. The largest absolute Gasteiger partial charge is 0.493 e. The summed E-state index contributed by atoms with van der Waals surface area (Å²) >= 11 is 0. The number of para-hydroxylation sites is 1. The molecule has 5 heteroatoms. The van der Waals surface area contributed by atoms with Crippen molar-refractivity contribution in [2.75, 3.05) is 26.1 Å². The first-order valence-corrected chi connectivity index (χ1v) is 9.71. The number of nitrogens with one attached hydrogen (secondary N) is 2. The zero-order chi connectivity index (χ0) is 20.7. The fourth-order valence-electron chi connectivity index (χ4n) is 3.18. The van der Waals surface area contributed by atoms with E-state index in [1.807, 2.05) is 18.2 Å². The van der Waals surface area contributed by atoms with E-state index in [0.29, 0.717) is 29.9 Å². The Kier molecular flexibility index (Phi) is 7.73. The molecule has 2 aromatic carbocycles. The minimum Gasteiger partial charge on any atom is -0.493 e. The number of carbonyl (C=O) groups excluding carboxylic acids is 1. The highest BCUT2D eigenvalue weighted by Crippen LogP contribution is 2.32. The first-order chi connectivity index (χ1) is 13.4. The lowest BCUT2D eigenvalue weighted by Crippen LogP contribution is -2.30. The van der Waals surface area contributed by atoms with Gasteiger partial charge in [-0.05, 0) is 40.7 Å². The maximum absolute atomic E-state index is 12.4. The molecule has 0 aliphatic rings. The van der Waals surface area contributed by atoms with E-state index in [9.17, 15) is 4.79 Å². The fraction of sp³-hybridized carbons (Fsp3) is 0.435. The monoisotopic (exact) mass is 384 g/mol. The van der Waals surface area contributed by atoms with Gasteiger partial charge in [-0.2, -0.15) is 0 Å². The Hall–Kier alpha value is -2.69. The van der Waals surface area contributed by atoms with Crippen LogP contribution in [0.3, 0.4) is 0 Å². The summed E-state index contributed by atoms with van der Waals surface area (Å²) < 4.78 is 10.6. The molecule has 0 aliphatic carbocycles. The van der Waals surface area contributed by atoms with Gasteiger partial charge < -0.3 is 20.1 Å². The minimum atomic E-state index is -0.0527. The number of hydrogen-bond acceptors (Lipinski definition) is 4. The summed E-state index contributed by atoms with van der Waals surface area (Å²) in [5.41, 5.74) is 4.50. The quantitative estimate of drug-likeness (QED) is 0.659. The molecule has 0 aromatic heterocycles. The molecule has 0 heterocycles. The molecular formula is C23H32N2O3. The number of amides is 1. The number of methoxy groups -OCH3 is 2. The molecule has 0 bridgehead atoms. The van der Waals surface area contributed by atoms with Crippen LogP contribution < -0.4 is 20.1 Å². The Balaban J connectivity index is 2.02. The lowest BCUT2D eigenvalue weighted by molar-refractivity contribution is -0.119. The van der Waals surface area contributed by atoms with Crippen LogP contribution in [0.15, 0.2) is 36.4 Å². The van der Waals surface area contributed by atoms with Crippen LogP contribution in [0.2, 0.25) is 0 Å². The van der Waals surface area contributed by atoms with Gasteiger partial charge in [0.1, 0.15) is 0 Å². The molecule has 0 saturated heterocycles. The summed E-state index contributed by atoms with van der Waals surface area (Å²) in [6.07, 6.45) is 0. The number of carbonyl (C=O) groups is 1. The topological polar surface area (TPSA) is 59.6 Å². The Morgan fingerprint density at radius 2 is 1.54 bits per heavy atom. The molecule has 28 heavy (non-hydrogen) atoms. The second-order valence-corrected chi connectivity index (χ2v) is 7.44. The van der Waals surface area contributed by atoms with Gasteiger partial charge in [0, 0.05) is 12.2 Å². The van der Waals surface area contributed by atoms with Crippen molar-refractivity contribution < 1.29 is 14.3 Å². The molecule has 0 saturated carbocycles. The summed E-state index contributed by atoms with van der Waals surface area (Å²) in [6.45, 7) is 9.34. The Bertz CT molecular complexity index is 774. The normalized spacial score (nSPS) is 10.9. The van der Waals surface area contributed by atoms with E-state index in [-0.39, 0.29) is 12.5 Å². The highest BCUT2D eigenvalue weighted by Gasteiger charge is 2.14. The Morgan fingerprint density at radius 3 is 2.07 bits per heavy atom. The zero-order valence-corrected chi connectivity index (χ0v) is 17.8. The SMILES string of the molecule is COc1ccc(CNC(=O)CNc2c(C(C)C)cccc2C(C)C)cc1OC. The van der Waals surface area contributed by atoms with Crippen LogP contribution in [0.5, 0.6) is 11.5 Å². The van der Waals surface area contributed by atoms with Crippen molar-refractivity contribution >= 4 is 11.6 Å². The predicted molar refractivity (Wildman–Crippen MR) is 115 cm³/mol. The molecule has 0 radical (unpaired) electrons. The van der Waals surface area contributed by atoms with E-state index < -0.39 is 0 Å². The van der Waals surface area contributed by atoms with Crippen molar-refractivity contribution in [3.05, 3.63) is 53.1 Å². The molecule has 1 amide bonds. The lowest BCUT2D eigenvalue weighted by Gasteiger charge is -2.20. The summed E-state index contributed by atoms with van der Waals surface area (Å²) in [4.78, 5) is 12.4. The fourth-order valence-corrected chi connectivity index (χ4v) is 3.18. The summed E-state index contributed by atoms with van der Waals surface area (Å²) in [7, 11) is 3.20. The molecule has 0 aliphatic heterocycles. The van der Waals surface area contributed by atoms with Crippen LogP contribution in [0.4, 0.5) is 5.69 Å². The van der Waals surface area contributed by atoms with Crippen molar-refractivity contribution in [1.29, 1.82) is 0 Å². The van der Waals surface area contributed by atoms with Crippen LogP contribution in [-0.2, 0) is 11.3 Å². The first kappa shape index (κ1) is 21.6. The number of rotatable bonds is 9. The van der Waals surface area contributed by atoms with E-state index in [1.165, 1.54) is 11.1 Å². The Labute approximate surface area is 168 Å². The molecule has 2 N–H and O–H groups in total.